The molecule has 0 radical (unpaired) electrons. The topological polar surface area (TPSA) is 67.7 Å². The lowest BCUT2D eigenvalue weighted by Crippen LogP contribution is -2.07. The van der Waals surface area contributed by atoms with Gasteiger partial charge in [-0.3, -0.25) is 4.68 Å². The van der Waals surface area contributed by atoms with Crippen molar-refractivity contribution in [3.8, 4) is 0 Å². The first kappa shape index (κ1) is 13.3. The lowest BCUT2D eigenvalue weighted by Gasteiger charge is -2.09. The maximum Gasteiger partial charge on any atom is 0.224 e. The predicted octanol–water partition coefficient (Wildman–Crippen LogP) is 1.73. The van der Waals surface area contributed by atoms with E-state index >= 15 is 0 Å². The van der Waals surface area contributed by atoms with Crippen LogP contribution in [0, 0.1) is 6.92 Å². The summed E-state index contributed by atoms with van der Waals surface area (Å²) in [5.74, 6) is 1.47. The lowest BCUT2D eigenvalue weighted by atomic mass is 10.2. The third-order valence-electron chi connectivity index (χ3n) is 2.97. The molecule has 0 aromatic carbocycles. The van der Waals surface area contributed by atoms with Gasteiger partial charge < -0.3 is 10.6 Å². The molecule has 2 heterocycles. The first-order chi connectivity index (χ1) is 9.13. The number of aryl methyl sites for hydroxylation is 3. The SMILES string of the molecule is CCc1nn(C)cc1CNc1nc(NC)ncc1C. The molecule has 0 unspecified atom stereocenters. The van der Waals surface area contributed by atoms with E-state index in [-0.39, 0.29) is 0 Å². The van der Waals surface area contributed by atoms with Gasteiger partial charge in [0.25, 0.3) is 0 Å². The number of rotatable bonds is 5. The number of hydrogen-bond acceptors (Lipinski definition) is 5. The van der Waals surface area contributed by atoms with Crippen LogP contribution >= 0.6 is 0 Å². The average molecular weight is 260 g/mol. The fourth-order valence-electron chi connectivity index (χ4n) is 1.95. The Morgan fingerprint density at radius 1 is 1.37 bits per heavy atom. The third kappa shape index (κ3) is 3.01. The van der Waals surface area contributed by atoms with E-state index in [4.69, 9.17) is 0 Å². The van der Waals surface area contributed by atoms with E-state index in [0.29, 0.717) is 5.95 Å². The molecule has 0 aliphatic rings. The van der Waals surface area contributed by atoms with Gasteiger partial charge in [-0.2, -0.15) is 10.1 Å². The molecule has 0 bridgehead atoms. The molecule has 0 aliphatic heterocycles. The Balaban J connectivity index is 2.13. The van der Waals surface area contributed by atoms with Crippen molar-refractivity contribution in [3.63, 3.8) is 0 Å². The second-order valence-electron chi connectivity index (χ2n) is 4.46. The van der Waals surface area contributed by atoms with Crippen molar-refractivity contribution in [2.24, 2.45) is 7.05 Å². The molecule has 0 saturated carbocycles. The molecule has 19 heavy (non-hydrogen) atoms. The standard InChI is InChI=1S/C13H20N6/c1-5-11-10(8-19(4)18-11)7-15-12-9(2)6-16-13(14-3)17-12/h6,8H,5,7H2,1-4H3,(H2,14,15,16,17). The van der Waals surface area contributed by atoms with Gasteiger partial charge in [-0.05, 0) is 13.3 Å². The Hall–Kier alpha value is -2.11. The molecule has 0 fully saturated rings. The minimum atomic E-state index is 0.620. The number of anilines is 2. The summed E-state index contributed by atoms with van der Waals surface area (Å²) < 4.78 is 1.85. The summed E-state index contributed by atoms with van der Waals surface area (Å²) in [4.78, 5) is 8.58. The van der Waals surface area contributed by atoms with Crippen LogP contribution in [0.3, 0.4) is 0 Å². The first-order valence-electron chi connectivity index (χ1n) is 6.40. The van der Waals surface area contributed by atoms with E-state index in [9.17, 15) is 0 Å². The van der Waals surface area contributed by atoms with Crippen LogP contribution in [0.15, 0.2) is 12.4 Å². The molecule has 2 N–H and O–H groups in total. The van der Waals surface area contributed by atoms with Crippen molar-refractivity contribution in [3.05, 3.63) is 29.2 Å². The zero-order valence-electron chi connectivity index (χ0n) is 11.9. The average Bonchev–Trinajstić information content (AvgIpc) is 2.78. The summed E-state index contributed by atoms with van der Waals surface area (Å²) in [5.41, 5.74) is 3.35. The molecule has 0 spiro atoms. The second kappa shape index (κ2) is 5.69. The lowest BCUT2D eigenvalue weighted by molar-refractivity contribution is 0.746. The van der Waals surface area contributed by atoms with Crippen LogP contribution in [0.2, 0.25) is 0 Å². The Morgan fingerprint density at radius 2 is 2.16 bits per heavy atom. The Morgan fingerprint density at radius 3 is 2.84 bits per heavy atom. The van der Waals surface area contributed by atoms with Crippen molar-refractivity contribution >= 4 is 11.8 Å². The van der Waals surface area contributed by atoms with Gasteiger partial charge >= 0.3 is 0 Å². The summed E-state index contributed by atoms with van der Waals surface area (Å²) in [5, 5.41) is 10.7. The molecule has 0 saturated heterocycles. The smallest absolute Gasteiger partial charge is 0.224 e. The largest absolute Gasteiger partial charge is 0.365 e. The highest BCUT2D eigenvalue weighted by Crippen LogP contribution is 2.15. The van der Waals surface area contributed by atoms with Gasteiger partial charge in [-0.15, -0.1) is 0 Å². The normalized spacial score (nSPS) is 10.5. The molecule has 0 aliphatic carbocycles. The summed E-state index contributed by atoms with van der Waals surface area (Å²) in [6.07, 6.45) is 4.79. The second-order valence-corrected chi connectivity index (χ2v) is 4.46. The van der Waals surface area contributed by atoms with Crippen LogP contribution in [0.1, 0.15) is 23.7 Å². The van der Waals surface area contributed by atoms with E-state index in [2.05, 4.69) is 32.6 Å². The number of aromatic nitrogens is 4. The quantitative estimate of drug-likeness (QED) is 0.857. The van der Waals surface area contributed by atoms with Gasteiger partial charge in [0.15, 0.2) is 0 Å². The zero-order chi connectivity index (χ0) is 13.8. The van der Waals surface area contributed by atoms with E-state index < -0.39 is 0 Å². The molecule has 6 heteroatoms. The monoisotopic (exact) mass is 260 g/mol. The fourth-order valence-corrected chi connectivity index (χ4v) is 1.95. The van der Waals surface area contributed by atoms with Crippen LogP contribution in [-0.4, -0.2) is 26.8 Å². The molecule has 0 atom stereocenters. The zero-order valence-corrected chi connectivity index (χ0v) is 11.9. The third-order valence-corrected chi connectivity index (χ3v) is 2.97. The summed E-state index contributed by atoms with van der Waals surface area (Å²) in [6, 6.07) is 0. The fraction of sp³-hybridized carbons (Fsp3) is 0.462. The first-order valence-corrected chi connectivity index (χ1v) is 6.40. The number of nitrogens with zero attached hydrogens (tertiary/aromatic N) is 4. The van der Waals surface area contributed by atoms with Crippen molar-refractivity contribution in [1.29, 1.82) is 0 Å². The molecule has 2 aromatic heterocycles. The predicted molar refractivity (Wildman–Crippen MR) is 76.2 cm³/mol. The Bertz CT molecular complexity index is 560. The van der Waals surface area contributed by atoms with Crippen molar-refractivity contribution in [1.82, 2.24) is 19.7 Å². The Kier molecular flexibility index (Phi) is 3.99. The van der Waals surface area contributed by atoms with Crippen LogP contribution < -0.4 is 10.6 Å². The highest BCUT2D eigenvalue weighted by atomic mass is 15.3. The minimum absolute atomic E-state index is 0.620. The van der Waals surface area contributed by atoms with E-state index in [1.165, 1.54) is 5.56 Å². The highest BCUT2D eigenvalue weighted by Gasteiger charge is 2.07. The van der Waals surface area contributed by atoms with Crippen molar-refractivity contribution in [2.75, 3.05) is 17.7 Å². The van der Waals surface area contributed by atoms with Gasteiger partial charge in [0.1, 0.15) is 5.82 Å². The van der Waals surface area contributed by atoms with Crippen molar-refractivity contribution in [2.45, 2.75) is 26.8 Å². The van der Waals surface area contributed by atoms with Crippen LogP contribution in [0.4, 0.5) is 11.8 Å². The van der Waals surface area contributed by atoms with E-state index in [1.54, 1.807) is 0 Å². The van der Waals surface area contributed by atoms with Crippen LogP contribution in [-0.2, 0) is 20.0 Å². The molecular formula is C13H20N6. The maximum atomic E-state index is 4.43. The minimum Gasteiger partial charge on any atom is -0.365 e. The van der Waals surface area contributed by atoms with Crippen LogP contribution in [0.5, 0.6) is 0 Å². The van der Waals surface area contributed by atoms with Gasteiger partial charge in [0.05, 0.1) is 5.69 Å². The molecule has 102 valence electrons. The number of nitrogens with one attached hydrogen (secondary N) is 2. The molecule has 0 amide bonds. The molecule has 2 rings (SSSR count). The van der Waals surface area contributed by atoms with Crippen LogP contribution in [0.25, 0.3) is 0 Å². The Labute approximate surface area is 113 Å². The van der Waals surface area contributed by atoms with Crippen molar-refractivity contribution < 1.29 is 0 Å². The molecular weight excluding hydrogens is 240 g/mol. The van der Waals surface area contributed by atoms with E-state index in [0.717, 1.165) is 30.0 Å². The van der Waals surface area contributed by atoms with Gasteiger partial charge in [-0.1, -0.05) is 6.92 Å². The molecule has 6 nitrogen and oxygen atoms in total. The summed E-state index contributed by atoms with van der Waals surface area (Å²) in [6.45, 7) is 4.82. The van der Waals surface area contributed by atoms with Gasteiger partial charge in [0.2, 0.25) is 5.95 Å². The summed E-state index contributed by atoms with van der Waals surface area (Å²) >= 11 is 0. The summed E-state index contributed by atoms with van der Waals surface area (Å²) in [7, 11) is 3.75. The maximum absolute atomic E-state index is 4.43. The molecule has 2 aromatic rings. The van der Waals surface area contributed by atoms with Gasteiger partial charge in [0, 0.05) is 44.2 Å². The van der Waals surface area contributed by atoms with E-state index in [1.807, 2.05) is 38.1 Å². The highest BCUT2D eigenvalue weighted by molar-refractivity contribution is 5.46. The van der Waals surface area contributed by atoms with Gasteiger partial charge in [-0.25, -0.2) is 4.98 Å². The number of hydrogen-bond donors (Lipinski definition) is 2.